The number of hydrogen-bond donors (Lipinski definition) is 1. The van der Waals surface area contributed by atoms with E-state index < -0.39 is 12.3 Å². The van der Waals surface area contributed by atoms with Crippen molar-refractivity contribution in [2.75, 3.05) is 31.1 Å². The minimum atomic E-state index is -4.79. The summed E-state index contributed by atoms with van der Waals surface area (Å²) in [6.45, 7) is 6.41. The lowest BCUT2D eigenvalue weighted by atomic mass is 10.1. The third kappa shape index (κ3) is 6.48. The molecule has 10 heteroatoms. The molecule has 0 saturated carbocycles. The van der Waals surface area contributed by atoms with Crippen LogP contribution in [0.15, 0.2) is 36.7 Å². The smallest absolute Gasteiger partial charge is 0.491 e. The van der Waals surface area contributed by atoms with E-state index in [0.29, 0.717) is 49.6 Å². The van der Waals surface area contributed by atoms with Crippen molar-refractivity contribution in [2.45, 2.75) is 32.9 Å². The van der Waals surface area contributed by atoms with Crippen LogP contribution in [-0.2, 0) is 6.54 Å². The van der Waals surface area contributed by atoms with E-state index in [-0.39, 0.29) is 11.9 Å². The molecule has 0 aliphatic carbocycles. The van der Waals surface area contributed by atoms with E-state index in [0.717, 1.165) is 5.69 Å². The third-order valence-electron chi connectivity index (χ3n) is 4.78. The summed E-state index contributed by atoms with van der Waals surface area (Å²) in [6.07, 6.45) is -1.88. The largest absolute Gasteiger partial charge is 0.573 e. The molecule has 1 aromatic carbocycles. The second kappa shape index (κ2) is 9.42. The molecular weight excluding hydrogens is 413 g/mol. The van der Waals surface area contributed by atoms with Crippen molar-refractivity contribution in [3.05, 3.63) is 47.8 Å². The Bertz CT molecular complexity index is 913. The number of piperazine rings is 1. The Morgan fingerprint density at radius 1 is 1.16 bits per heavy atom. The molecule has 2 aromatic rings. The van der Waals surface area contributed by atoms with Crippen LogP contribution in [0, 0.1) is 0 Å². The van der Waals surface area contributed by atoms with Crippen LogP contribution >= 0.6 is 0 Å². The third-order valence-corrected chi connectivity index (χ3v) is 4.78. The van der Waals surface area contributed by atoms with Gasteiger partial charge in [-0.25, -0.2) is 0 Å². The van der Waals surface area contributed by atoms with Gasteiger partial charge in [0.15, 0.2) is 0 Å². The fraction of sp³-hybridized carbons (Fsp3) is 0.429. The van der Waals surface area contributed by atoms with Gasteiger partial charge in [0.05, 0.1) is 23.6 Å². The quantitative estimate of drug-likeness (QED) is 0.715. The number of aromatic nitrogens is 1. The Morgan fingerprint density at radius 3 is 2.48 bits per heavy atom. The maximum absolute atomic E-state index is 12.9. The number of pyridine rings is 1. The summed E-state index contributed by atoms with van der Waals surface area (Å²) < 4.78 is 48.5. The molecule has 2 heterocycles. The Hall–Kier alpha value is -3.01. The minimum Gasteiger partial charge on any atom is -0.491 e. The summed E-state index contributed by atoms with van der Waals surface area (Å²) >= 11 is 0. The number of alkyl halides is 3. The Morgan fingerprint density at radius 2 is 1.87 bits per heavy atom. The van der Waals surface area contributed by atoms with Gasteiger partial charge in [0.25, 0.3) is 0 Å². The Balaban J connectivity index is 1.68. The van der Waals surface area contributed by atoms with Crippen LogP contribution < -0.4 is 20.1 Å². The van der Waals surface area contributed by atoms with Crippen LogP contribution in [0.1, 0.15) is 29.8 Å². The number of rotatable bonds is 7. The maximum atomic E-state index is 12.9. The number of carbonyl (C=O) groups excluding carboxylic acids is 1. The zero-order valence-electron chi connectivity index (χ0n) is 17.4. The van der Waals surface area contributed by atoms with Gasteiger partial charge in [0.2, 0.25) is 5.91 Å². The fourth-order valence-electron chi connectivity index (χ4n) is 3.37. The van der Waals surface area contributed by atoms with Crippen molar-refractivity contribution in [2.24, 2.45) is 5.73 Å². The van der Waals surface area contributed by atoms with Gasteiger partial charge in [-0.2, -0.15) is 0 Å². The van der Waals surface area contributed by atoms with Gasteiger partial charge in [-0.1, -0.05) is 6.07 Å². The molecule has 1 aliphatic rings. The molecule has 1 aliphatic heterocycles. The molecule has 0 atom stereocenters. The second-order valence-corrected chi connectivity index (χ2v) is 7.54. The van der Waals surface area contributed by atoms with E-state index in [4.69, 9.17) is 10.5 Å². The Kier molecular flexibility index (Phi) is 6.89. The van der Waals surface area contributed by atoms with Crippen molar-refractivity contribution in [3.63, 3.8) is 0 Å². The first-order chi connectivity index (χ1) is 14.6. The van der Waals surface area contributed by atoms with Crippen molar-refractivity contribution in [1.82, 2.24) is 9.88 Å². The number of nitrogens with two attached hydrogens (primary N) is 1. The van der Waals surface area contributed by atoms with E-state index in [1.54, 1.807) is 38.2 Å². The molecule has 31 heavy (non-hydrogen) atoms. The van der Waals surface area contributed by atoms with Crippen LogP contribution in [-0.4, -0.2) is 54.4 Å². The van der Waals surface area contributed by atoms with Gasteiger partial charge >= 0.3 is 6.36 Å². The first-order valence-corrected chi connectivity index (χ1v) is 9.88. The minimum absolute atomic E-state index is 0.166. The number of hydrogen-bond acceptors (Lipinski definition) is 6. The van der Waals surface area contributed by atoms with Crippen molar-refractivity contribution in [3.8, 4) is 11.5 Å². The lowest BCUT2D eigenvalue weighted by Crippen LogP contribution is -2.46. The zero-order chi connectivity index (χ0) is 22.6. The van der Waals surface area contributed by atoms with Crippen LogP contribution in [0.4, 0.5) is 18.9 Å². The van der Waals surface area contributed by atoms with E-state index in [9.17, 15) is 18.0 Å². The summed E-state index contributed by atoms with van der Waals surface area (Å²) in [5.74, 6) is -0.480. The molecule has 1 saturated heterocycles. The summed E-state index contributed by atoms with van der Waals surface area (Å²) in [6, 6.07) is 6.22. The lowest BCUT2D eigenvalue weighted by molar-refractivity contribution is -0.275. The molecule has 3 rings (SSSR count). The number of benzene rings is 1. The van der Waals surface area contributed by atoms with Crippen LogP contribution in [0.5, 0.6) is 11.5 Å². The predicted octanol–water partition coefficient (Wildman–Crippen LogP) is 3.19. The van der Waals surface area contributed by atoms with Crippen LogP contribution in [0.2, 0.25) is 0 Å². The highest BCUT2D eigenvalue weighted by Crippen LogP contribution is 2.32. The number of amides is 1. The molecule has 1 fully saturated rings. The van der Waals surface area contributed by atoms with Gasteiger partial charge in [-0.05, 0) is 26.0 Å². The second-order valence-electron chi connectivity index (χ2n) is 7.54. The number of ether oxygens (including phenoxy) is 2. The van der Waals surface area contributed by atoms with Crippen LogP contribution in [0.25, 0.3) is 0 Å². The molecule has 2 N–H and O–H groups in total. The van der Waals surface area contributed by atoms with Crippen molar-refractivity contribution in [1.29, 1.82) is 0 Å². The Labute approximate surface area is 178 Å². The average molecular weight is 438 g/mol. The maximum Gasteiger partial charge on any atom is 0.573 e. The fourth-order valence-corrected chi connectivity index (χ4v) is 3.37. The van der Waals surface area contributed by atoms with Gasteiger partial charge in [0, 0.05) is 50.6 Å². The first-order valence-electron chi connectivity index (χ1n) is 9.88. The molecule has 7 nitrogen and oxygen atoms in total. The van der Waals surface area contributed by atoms with E-state index >= 15 is 0 Å². The first kappa shape index (κ1) is 22.7. The van der Waals surface area contributed by atoms with Gasteiger partial charge in [-0.3, -0.25) is 14.7 Å². The van der Waals surface area contributed by atoms with E-state index in [1.807, 2.05) is 4.90 Å². The molecule has 0 spiro atoms. The van der Waals surface area contributed by atoms with Crippen LogP contribution in [0.3, 0.4) is 0 Å². The SMILES string of the molecule is CC(C)Oc1ccc(CN2CCN(c3cncc(C(N)=O)c3)CC2)c(OC(F)(F)F)c1. The van der Waals surface area contributed by atoms with Crippen molar-refractivity contribution < 1.29 is 27.4 Å². The molecule has 168 valence electrons. The number of halogens is 3. The molecule has 1 amide bonds. The normalized spacial score (nSPS) is 15.2. The summed E-state index contributed by atoms with van der Waals surface area (Å²) in [4.78, 5) is 19.5. The van der Waals surface area contributed by atoms with Gasteiger partial charge in [0.1, 0.15) is 11.5 Å². The average Bonchev–Trinajstić information content (AvgIpc) is 2.69. The highest BCUT2D eigenvalue weighted by molar-refractivity contribution is 5.93. The van der Waals surface area contributed by atoms with Crippen molar-refractivity contribution >= 4 is 11.6 Å². The van der Waals surface area contributed by atoms with Gasteiger partial charge < -0.3 is 20.1 Å². The monoisotopic (exact) mass is 438 g/mol. The van der Waals surface area contributed by atoms with Gasteiger partial charge in [-0.15, -0.1) is 13.2 Å². The zero-order valence-corrected chi connectivity index (χ0v) is 17.4. The highest BCUT2D eigenvalue weighted by atomic mass is 19.4. The molecular formula is C21H25F3N4O3. The summed E-state index contributed by atoms with van der Waals surface area (Å²) in [5.41, 5.74) is 6.85. The molecule has 1 aromatic heterocycles. The van der Waals surface area contributed by atoms with E-state index in [1.165, 1.54) is 12.3 Å². The van der Waals surface area contributed by atoms with E-state index in [2.05, 4.69) is 14.6 Å². The number of nitrogens with zero attached hydrogens (tertiary/aromatic N) is 3. The molecule has 0 bridgehead atoms. The topological polar surface area (TPSA) is 80.9 Å². The molecule has 0 radical (unpaired) electrons. The number of primary amides is 1. The summed E-state index contributed by atoms with van der Waals surface area (Å²) in [5, 5.41) is 0. The lowest BCUT2D eigenvalue weighted by Gasteiger charge is -2.36. The molecule has 0 unspecified atom stereocenters. The number of carbonyl (C=O) groups is 1. The number of anilines is 1. The summed E-state index contributed by atoms with van der Waals surface area (Å²) in [7, 11) is 0. The standard InChI is InChI=1S/C21H25F3N4O3/c1-14(2)30-18-4-3-15(19(10-18)31-21(22,23)24)13-27-5-7-28(8-6-27)17-9-16(20(25)29)11-26-12-17/h3-4,9-12,14H,5-8,13H2,1-2H3,(H2,25,29). The highest BCUT2D eigenvalue weighted by Gasteiger charge is 2.32. The predicted molar refractivity (Wildman–Crippen MR) is 109 cm³/mol.